The third-order valence-corrected chi connectivity index (χ3v) is 6.36. The number of nitrogens with one attached hydrogen (secondary N) is 1. The van der Waals surface area contributed by atoms with Gasteiger partial charge in [-0.15, -0.1) is 10.2 Å². The van der Waals surface area contributed by atoms with Crippen LogP contribution in [0.25, 0.3) is 0 Å². The summed E-state index contributed by atoms with van der Waals surface area (Å²) in [5.74, 6) is -0.600. The Morgan fingerprint density at radius 1 is 1.25 bits per heavy atom. The first kappa shape index (κ1) is 20.6. The number of nitrogens with zero attached hydrogens (tertiary/aromatic N) is 2. The van der Waals surface area contributed by atoms with Gasteiger partial charge in [-0.05, 0) is 30.5 Å². The van der Waals surface area contributed by atoms with Crippen LogP contribution in [0.2, 0.25) is 0 Å². The number of hydrogen-bond donors (Lipinski definition) is 1. The van der Waals surface area contributed by atoms with Gasteiger partial charge in [0.15, 0.2) is 4.34 Å². The summed E-state index contributed by atoms with van der Waals surface area (Å²) in [5, 5.41) is 12.5. The van der Waals surface area contributed by atoms with Gasteiger partial charge >= 0.3 is 11.9 Å². The van der Waals surface area contributed by atoms with E-state index in [1.54, 1.807) is 24.3 Å². The van der Waals surface area contributed by atoms with Gasteiger partial charge in [-0.25, -0.2) is 4.79 Å². The molecular formula is C19H23N3O4S2. The number of carbonyl (C=O) groups is 2. The third kappa shape index (κ3) is 6.20. The van der Waals surface area contributed by atoms with Crippen LogP contribution in [0, 0.1) is 0 Å². The fourth-order valence-corrected chi connectivity index (χ4v) is 4.61. The van der Waals surface area contributed by atoms with Crippen LogP contribution >= 0.6 is 23.1 Å². The predicted molar refractivity (Wildman–Crippen MR) is 109 cm³/mol. The first-order valence-corrected chi connectivity index (χ1v) is 11.0. The smallest absolute Gasteiger partial charge is 0.337 e. The number of esters is 2. The van der Waals surface area contributed by atoms with E-state index in [1.807, 2.05) is 0 Å². The predicted octanol–water partition coefficient (Wildman–Crippen LogP) is 3.90. The van der Waals surface area contributed by atoms with Crippen LogP contribution in [0.1, 0.15) is 48.0 Å². The summed E-state index contributed by atoms with van der Waals surface area (Å²) in [6.07, 6.45) is 6.17. The summed E-state index contributed by atoms with van der Waals surface area (Å²) in [7, 11) is 1.33. The first-order chi connectivity index (χ1) is 13.6. The van der Waals surface area contributed by atoms with Crippen LogP contribution in [0.4, 0.5) is 5.13 Å². The van der Waals surface area contributed by atoms with Crippen molar-refractivity contribution in [2.24, 2.45) is 0 Å². The van der Waals surface area contributed by atoms with Crippen LogP contribution in [0.15, 0.2) is 28.6 Å². The molecule has 1 aromatic carbocycles. The molecule has 0 aliphatic heterocycles. The molecule has 0 spiro atoms. The fraction of sp³-hybridized carbons (Fsp3) is 0.474. The minimum Gasteiger partial charge on any atom is -0.465 e. The van der Waals surface area contributed by atoms with Crippen LogP contribution in [0.5, 0.6) is 0 Å². The van der Waals surface area contributed by atoms with E-state index >= 15 is 0 Å². The molecule has 2 aromatic rings. The zero-order valence-electron chi connectivity index (χ0n) is 15.7. The molecule has 0 atom stereocenters. The molecule has 1 fully saturated rings. The molecule has 1 aromatic heterocycles. The second-order valence-electron chi connectivity index (χ2n) is 6.49. The molecule has 1 N–H and O–H groups in total. The van der Waals surface area contributed by atoms with Crippen LogP contribution in [-0.4, -0.2) is 41.0 Å². The van der Waals surface area contributed by atoms with Gasteiger partial charge in [0.1, 0.15) is 6.61 Å². The number of ether oxygens (including phenoxy) is 2. The van der Waals surface area contributed by atoms with Crippen molar-refractivity contribution in [2.45, 2.75) is 49.1 Å². The fourth-order valence-electron chi connectivity index (χ4n) is 2.98. The molecular weight excluding hydrogens is 398 g/mol. The van der Waals surface area contributed by atoms with E-state index in [0.29, 0.717) is 11.6 Å². The number of benzene rings is 1. The molecule has 0 radical (unpaired) electrons. The van der Waals surface area contributed by atoms with E-state index < -0.39 is 5.97 Å². The Morgan fingerprint density at radius 2 is 2.07 bits per heavy atom. The number of thioether (sulfide) groups is 1. The van der Waals surface area contributed by atoms with Crippen molar-refractivity contribution < 1.29 is 19.1 Å². The average molecular weight is 422 g/mol. The van der Waals surface area contributed by atoms with Crippen molar-refractivity contribution in [3.8, 4) is 0 Å². The van der Waals surface area contributed by atoms with Crippen LogP contribution in [-0.2, 0) is 20.9 Å². The molecule has 1 aliphatic carbocycles. The van der Waals surface area contributed by atoms with Crippen molar-refractivity contribution in [1.29, 1.82) is 0 Å². The summed E-state index contributed by atoms with van der Waals surface area (Å²) in [6, 6.07) is 7.31. The summed E-state index contributed by atoms with van der Waals surface area (Å²) < 4.78 is 10.7. The lowest BCUT2D eigenvalue weighted by Crippen LogP contribution is -2.21. The molecule has 0 saturated heterocycles. The molecule has 0 amide bonds. The lowest BCUT2D eigenvalue weighted by Gasteiger charge is -2.21. The second-order valence-corrected chi connectivity index (χ2v) is 8.69. The minimum absolute atomic E-state index is 0.106. The Kier molecular flexibility index (Phi) is 7.67. The van der Waals surface area contributed by atoms with Gasteiger partial charge in [-0.2, -0.15) is 0 Å². The van der Waals surface area contributed by atoms with Gasteiger partial charge in [0.05, 0.1) is 18.4 Å². The van der Waals surface area contributed by atoms with Gasteiger partial charge in [-0.3, -0.25) is 4.79 Å². The highest BCUT2D eigenvalue weighted by Crippen LogP contribution is 2.28. The molecule has 1 saturated carbocycles. The minimum atomic E-state index is -0.419. The lowest BCUT2D eigenvalue weighted by atomic mass is 9.96. The highest BCUT2D eigenvalue weighted by molar-refractivity contribution is 8.01. The highest BCUT2D eigenvalue weighted by atomic mass is 32.2. The van der Waals surface area contributed by atoms with E-state index in [2.05, 4.69) is 20.3 Å². The van der Waals surface area contributed by atoms with Crippen molar-refractivity contribution in [1.82, 2.24) is 10.2 Å². The summed E-state index contributed by atoms with van der Waals surface area (Å²) in [4.78, 5) is 23.5. The Morgan fingerprint density at radius 3 is 2.86 bits per heavy atom. The Balaban J connectivity index is 1.41. The maximum atomic E-state index is 12.0. The maximum Gasteiger partial charge on any atom is 0.337 e. The molecule has 0 unspecified atom stereocenters. The van der Waals surface area contributed by atoms with E-state index in [4.69, 9.17) is 4.74 Å². The topological polar surface area (TPSA) is 90.4 Å². The number of methoxy groups -OCH3 is 1. The Labute approximate surface area is 172 Å². The largest absolute Gasteiger partial charge is 0.465 e. The average Bonchev–Trinajstić information content (AvgIpc) is 3.18. The van der Waals surface area contributed by atoms with E-state index in [0.717, 1.165) is 15.0 Å². The normalized spacial score (nSPS) is 14.5. The Bertz CT molecular complexity index is 806. The van der Waals surface area contributed by atoms with E-state index in [-0.39, 0.29) is 18.3 Å². The SMILES string of the molecule is COC(=O)c1cccc(COC(=O)CSc2nnc(NC3CCCCC3)s2)c1. The molecule has 7 nitrogen and oxygen atoms in total. The third-order valence-electron chi connectivity index (χ3n) is 4.40. The zero-order chi connectivity index (χ0) is 19.8. The summed E-state index contributed by atoms with van der Waals surface area (Å²) >= 11 is 2.78. The highest BCUT2D eigenvalue weighted by Gasteiger charge is 2.16. The van der Waals surface area contributed by atoms with Gasteiger partial charge < -0.3 is 14.8 Å². The summed E-state index contributed by atoms with van der Waals surface area (Å²) in [5.41, 5.74) is 1.16. The standard InChI is InChI=1S/C19H23N3O4S2/c1-25-17(24)14-7-5-6-13(10-14)11-26-16(23)12-27-19-22-21-18(28-19)20-15-8-3-2-4-9-15/h5-7,10,15H,2-4,8-9,11-12H2,1H3,(H,20,21). The molecule has 9 heteroatoms. The van der Waals surface area contributed by atoms with Gasteiger partial charge in [0.25, 0.3) is 0 Å². The Hall–Kier alpha value is -2.13. The van der Waals surface area contributed by atoms with Crippen molar-refractivity contribution >= 4 is 40.2 Å². The van der Waals surface area contributed by atoms with Crippen LogP contribution in [0.3, 0.4) is 0 Å². The van der Waals surface area contributed by atoms with E-state index in [1.165, 1.54) is 62.3 Å². The molecule has 28 heavy (non-hydrogen) atoms. The summed E-state index contributed by atoms with van der Waals surface area (Å²) in [6.45, 7) is 0.106. The molecule has 1 heterocycles. The van der Waals surface area contributed by atoms with Crippen molar-refractivity contribution in [3.05, 3.63) is 35.4 Å². The molecule has 1 aliphatic rings. The van der Waals surface area contributed by atoms with Gasteiger partial charge in [-0.1, -0.05) is 54.5 Å². The van der Waals surface area contributed by atoms with Crippen molar-refractivity contribution in [2.75, 3.05) is 18.2 Å². The second kappa shape index (κ2) is 10.4. The quantitative estimate of drug-likeness (QED) is 0.507. The monoisotopic (exact) mass is 421 g/mol. The number of carbonyl (C=O) groups excluding carboxylic acids is 2. The van der Waals surface area contributed by atoms with Gasteiger partial charge in [0, 0.05) is 6.04 Å². The molecule has 0 bridgehead atoms. The lowest BCUT2D eigenvalue weighted by molar-refractivity contribution is -0.141. The molecule has 150 valence electrons. The first-order valence-electron chi connectivity index (χ1n) is 9.20. The van der Waals surface area contributed by atoms with E-state index in [9.17, 15) is 9.59 Å². The van der Waals surface area contributed by atoms with Crippen LogP contribution < -0.4 is 5.32 Å². The maximum absolute atomic E-state index is 12.0. The number of rotatable bonds is 8. The molecule has 3 rings (SSSR count). The van der Waals surface area contributed by atoms with Gasteiger partial charge in [0.2, 0.25) is 5.13 Å². The number of anilines is 1. The zero-order valence-corrected chi connectivity index (χ0v) is 17.3. The number of aromatic nitrogens is 2. The number of hydrogen-bond acceptors (Lipinski definition) is 9. The van der Waals surface area contributed by atoms with Crippen molar-refractivity contribution in [3.63, 3.8) is 0 Å².